The van der Waals surface area contributed by atoms with Crippen LogP contribution in [0, 0.1) is 0 Å². The van der Waals surface area contributed by atoms with Crippen LogP contribution < -0.4 is 24.4 Å². The maximum Gasteiger partial charge on any atom is 0.338 e. The lowest BCUT2D eigenvalue weighted by Gasteiger charge is -2.24. The number of nitrogens with zero attached hydrogens (tertiary/aromatic N) is 2. The number of thiazole rings is 1. The number of allylic oxidation sites excluding steroid dienone is 1. The van der Waals surface area contributed by atoms with Gasteiger partial charge in [-0.15, -0.1) is 0 Å². The standard InChI is InChI=1S/C31H26N2O8S/c1-4-37-29(35)19-8-6-18(7-9-19)22-13-11-21(41-22)15-25-28(34)33-27(20-10-12-23-24(14-20)40-16-39-23)26(30(36)38-5-2)17(3)32-31(33)42-25/h6-15,27H,4-5,16H2,1-3H3/b25-15+/t27-/m1/s1. The van der Waals surface area contributed by atoms with Gasteiger partial charge in [0.25, 0.3) is 5.56 Å². The van der Waals surface area contributed by atoms with E-state index in [4.69, 9.17) is 23.4 Å². The van der Waals surface area contributed by atoms with Gasteiger partial charge >= 0.3 is 11.9 Å². The lowest BCUT2D eigenvalue weighted by atomic mass is 9.95. The highest BCUT2D eigenvalue weighted by Crippen LogP contribution is 2.38. The molecule has 2 aliphatic heterocycles. The molecule has 0 N–H and O–H groups in total. The van der Waals surface area contributed by atoms with Crippen molar-refractivity contribution < 1.29 is 33.0 Å². The zero-order valence-electron chi connectivity index (χ0n) is 23.0. The van der Waals surface area contributed by atoms with Gasteiger partial charge in [-0.3, -0.25) is 9.36 Å². The summed E-state index contributed by atoms with van der Waals surface area (Å²) in [5.74, 6) is 1.23. The first-order chi connectivity index (χ1) is 20.4. The summed E-state index contributed by atoms with van der Waals surface area (Å²) in [6.07, 6.45) is 1.65. The molecule has 2 aromatic heterocycles. The number of hydrogen-bond donors (Lipinski definition) is 0. The maximum absolute atomic E-state index is 13.9. The molecule has 11 heteroatoms. The first-order valence-electron chi connectivity index (χ1n) is 13.3. The fraction of sp³-hybridized carbons (Fsp3) is 0.226. The maximum atomic E-state index is 13.9. The Balaban J connectivity index is 1.40. The Hall–Kier alpha value is -4.90. The Morgan fingerprint density at radius 1 is 1.00 bits per heavy atom. The molecule has 42 heavy (non-hydrogen) atoms. The predicted molar refractivity (Wildman–Crippen MR) is 153 cm³/mol. The summed E-state index contributed by atoms with van der Waals surface area (Å²) in [5, 5.41) is 0. The molecule has 4 aromatic rings. The van der Waals surface area contributed by atoms with Gasteiger partial charge in [0.2, 0.25) is 6.79 Å². The minimum Gasteiger partial charge on any atom is -0.463 e. The molecule has 0 saturated heterocycles. The molecular weight excluding hydrogens is 560 g/mol. The number of carbonyl (C=O) groups excluding carboxylic acids is 2. The van der Waals surface area contributed by atoms with Crippen LogP contribution in [0.25, 0.3) is 17.4 Å². The summed E-state index contributed by atoms with van der Waals surface area (Å²) in [5.41, 5.74) is 2.30. The van der Waals surface area contributed by atoms with Crippen LogP contribution in [0.15, 0.2) is 80.1 Å². The highest BCUT2D eigenvalue weighted by Gasteiger charge is 2.34. The topological polar surface area (TPSA) is 119 Å². The normalized spacial score (nSPS) is 15.8. The van der Waals surface area contributed by atoms with E-state index >= 15 is 0 Å². The van der Waals surface area contributed by atoms with Gasteiger partial charge in [0.1, 0.15) is 11.5 Å². The third-order valence-corrected chi connectivity index (χ3v) is 7.79. The minimum absolute atomic E-state index is 0.0990. The second-order valence-electron chi connectivity index (χ2n) is 9.41. The number of ether oxygens (including phenoxy) is 4. The lowest BCUT2D eigenvalue weighted by molar-refractivity contribution is -0.139. The van der Waals surface area contributed by atoms with Crippen molar-refractivity contribution in [1.29, 1.82) is 0 Å². The third-order valence-electron chi connectivity index (χ3n) is 6.81. The van der Waals surface area contributed by atoms with E-state index < -0.39 is 12.0 Å². The molecule has 0 unspecified atom stereocenters. The summed E-state index contributed by atoms with van der Waals surface area (Å²) in [6, 6.07) is 15.0. The van der Waals surface area contributed by atoms with Crippen molar-refractivity contribution in [3.8, 4) is 22.8 Å². The molecule has 0 radical (unpaired) electrons. The number of aromatic nitrogens is 1. The van der Waals surface area contributed by atoms with Crippen LogP contribution >= 0.6 is 11.3 Å². The Labute approximate surface area is 243 Å². The molecule has 10 nitrogen and oxygen atoms in total. The van der Waals surface area contributed by atoms with Gasteiger partial charge < -0.3 is 23.4 Å². The summed E-state index contributed by atoms with van der Waals surface area (Å²) < 4.78 is 29.3. The van der Waals surface area contributed by atoms with Crippen molar-refractivity contribution in [3.63, 3.8) is 0 Å². The van der Waals surface area contributed by atoms with Gasteiger partial charge in [-0.1, -0.05) is 29.5 Å². The highest BCUT2D eigenvalue weighted by atomic mass is 32.1. The molecular formula is C31H26N2O8S. The molecule has 0 spiro atoms. The van der Waals surface area contributed by atoms with Gasteiger partial charge in [0, 0.05) is 11.6 Å². The second-order valence-corrected chi connectivity index (χ2v) is 10.4. The Kier molecular flexibility index (Phi) is 7.26. The summed E-state index contributed by atoms with van der Waals surface area (Å²) >= 11 is 1.20. The number of esters is 2. The molecule has 0 amide bonds. The zero-order chi connectivity index (χ0) is 29.4. The Morgan fingerprint density at radius 2 is 1.74 bits per heavy atom. The summed E-state index contributed by atoms with van der Waals surface area (Å²) in [6.45, 7) is 5.79. The van der Waals surface area contributed by atoms with E-state index in [0.717, 1.165) is 5.56 Å². The van der Waals surface area contributed by atoms with E-state index in [-0.39, 0.29) is 30.5 Å². The molecule has 6 rings (SSSR count). The van der Waals surface area contributed by atoms with Crippen LogP contribution in [0.5, 0.6) is 11.5 Å². The molecule has 1 atom stereocenters. The number of rotatable bonds is 7. The van der Waals surface area contributed by atoms with Crippen LogP contribution in [0.2, 0.25) is 0 Å². The van der Waals surface area contributed by atoms with Gasteiger partial charge in [0.05, 0.1) is 40.6 Å². The van der Waals surface area contributed by atoms with E-state index in [1.54, 1.807) is 81.4 Å². The predicted octanol–water partition coefficient (Wildman–Crippen LogP) is 3.96. The number of fused-ring (bicyclic) bond motifs is 2. The van der Waals surface area contributed by atoms with E-state index in [1.807, 2.05) is 0 Å². The molecule has 0 saturated carbocycles. The molecule has 2 aliphatic rings. The fourth-order valence-electron chi connectivity index (χ4n) is 4.89. The van der Waals surface area contributed by atoms with Gasteiger partial charge in [-0.2, -0.15) is 0 Å². The van der Waals surface area contributed by atoms with Crippen molar-refractivity contribution >= 4 is 29.4 Å². The summed E-state index contributed by atoms with van der Waals surface area (Å²) in [4.78, 5) is 44.0. The van der Waals surface area contributed by atoms with E-state index in [9.17, 15) is 14.4 Å². The molecule has 0 bridgehead atoms. The average Bonchev–Trinajstić information content (AvgIpc) is 3.72. The molecule has 0 aliphatic carbocycles. The largest absolute Gasteiger partial charge is 0.463 e. The van der Waals surface area contributed by atoms with Crippen LogP contribution in [0.4, 0.5) is 0 Å². The van der Waals surface area contributed by atoms with E-state index in [0.29, 0.717) is 55.8 Å². The first kappa shape index (κ1) is 27.3. The first-order valence-corrected chi connectivity index (χ1v) is 14.2. The Bertz CT molecular complexity index is 1910. The molecule has 0 fully saturated rings. The monoisotopic (exact) mass is 586 g/mol. The molecule has 214 valence electrons. The van der Waals surface area contributed by atoms with E-state index in [1.165, 1.54) is 15.9 Å². The lowest BCUT2D eigenvalue weighted by Crippen LogP contribution is -2.39. The quantitative estimate of drug-likeness (QED) is 0.299. The number of furan rings is 1. The van der Waals surface area contributed by atoms with Gasteiger partial charge in [0.15, 0.2) is 16.3 Å². The van der Waals surface area contributed by atoms with Gasteiger partial charge in [-0.05, 0) is 62.7 Å². The smallest absolute Gasteiger partial charge is 0.338 e. The Morgan fingerprint density at radius 3 is 2.50 bits per heavy atom. The van der Waals surface area contributed by atoms with Crippen molar-refractivity contribution in [2.24, 2.45) is 4.99 Å². The average molecular weight is 587 g/mol. The van der Waals surface area contributed by atoms with Crippen molar-refractivity contribution in [3.05, 3.63) is 102 Å². The molecule has 4 heterocycles. The second kappa shape index (κ2) is 11.2. The minimum atomic E-state index is -0.776. The third kappa shape index (κ3) is 4.92. The van der Waals surface area contributed by atoms with Crippen LogP contribution in [0.3, 0.4) is 0 Å². The van der Waals surface area contributed by atoms with E-state index in [2.05, 4.69) is 4.99 Å². The SMILES string of the molecule is CCOC(=O)C1=C(C)N=c2s/c(=C/c3ccc(-c4ccc(C(=O)OCC)cc4)o3)c(=O)n2[C@@H]1c1ccc2c(c1)OCO2. The van der Waals surface area contributed by atoms with Crippen LogP contribution in [-0.4, -0.2) is 36.5 Å². The summed E-state index contributed by atoms with van der Waals surface area (Å²) in [7, 11) is 0. The van der Waals surface area contributed by atoms with Crippen LogP contribution in [-0.2, 0) is 14.3 Å². The molecule has 2 aromatic carbocycles. The number of hydrogen-bond acceptors (Lipinski definition) is 10. The number of carbonyl (C=O) groups is 2. The van der Waals surface area contributed by atoms with Crippen molar-refractivity contribution in [1.82, 2.24) is 4.57 Å². The van der Waals surface area contributed by atoms with Gasteiger partial charge in [-0.25, -0.2) is 14.6 Å². The fourth-order valence-corrected chi connectivity index (χ4v) is 5.92. The van der Waals surface area contributed by atoms with Crippen molar-refractivity contribution in [2.75, 3.05) is 20.0 Å². The zero-order valence-corrected chi connectivity index (χ0v) is 23.9. The van der Waals surface area contributed by atoms with Crippen LogP contribution in [0.1, 0.15) is 48.5 Å². The van der Waals surface area contributed by atoms with Crippen molar-refractivity contribution in [2.45, 2.75) is 26.8 Å². The highest BCUT2D eigenvalue weighted by molar-refractivity contribution is 7.07. The number of benzene rings is 2.